The molecular formula is C9H13NO4S. The third-order valence-electron chi connectivity index (χ3n) is 1.81. The predicted molar refractivity (Wildman–Crippen MR) is 54.9 cm³/mol. The van der Waals surface area contributed by atoms with Crippen molar-refractivity contribution in [1.82, 2.24) is 4.98 Å². The van der Waals surface area contributed by atoms with Gasteiger partial charge in [-0.25, -0.2) is 0 Å². The van der Waals surface area contributed by atoms with Crippen molar-refractivity contribution in [2.24, 2.45) is 0 Å². The fourth-order valence-electron chi connectivity index (χ4n) is 1.05. The molecule has 15 heavy (non-hydrogen) atoms. The summed E-state index contributed by atoms with van der Waals surface area (Å²) in [5.41, 5.74) is 0.614. The standard InChI is InChI=1S/C9H13NO4S/c1-15(12,13)14-7-8(6-11)9-4-2-3-5-10-9/h2-5,8,11H,6-7H2,1H3. The minimum absolute atomic E-state index is 0.0909. The van der Waals surface area contributed by atoms with Crippen molar-refractivity contribution >= 4 is 10.1 Å². The highest BCUT2D eigenvalue weighted by molar-refractivity contribution is 7.85. The van der Waals surface area contributed by atoms with Gasteiger partial charge in [-0.2, -0.15) is 8.42 Å². The third-order valence-corrected chi connectivity index (χ3v) is 2.37. The smallest absolute Gasteiger partial charge is 0.264 e. The lowest BCUT2D eigenvalue weighted by molar-refractivity contribution is 0.207. The average molecular weight is 231 g/mol. The lowest BCUT2D eigenvalue weighted by atomic mass is 10.1. The zero-order chi connectivity index (χ0) is 11.3. The molecule has 0 fully saturated rings. The van der Waals surface area contributed by atoms with Crippen LogP contribution in [0.15, 0.2) is 24.4 Å². The second-order valence-corrected chi connectivity index (χ2v) is 4.77. The molecule has 84 valence electrons. The summed E-state index contributed by atoms with van der Waals surface area (Å²) in [6.45, 7) is -0.293. The van der Waals surface area contributed by atoms with E-state index in [0.29, 0.717) is 5.69 Å². The first-order valence-corrected chi connectivity index (χ1v) is 6.21. The van der Waals surface area contributed by atoms with Crippen LogP contribution in [-0.2, 0) is 14.3 Å². The molecule has 0 saturated heterocycles. The Bertz CT molecular complexity index is 390. The molecule has 6 heteroatoms. The molecule has 1 aromatic heterocycles. The zero-order valence-corrected chi connectivity index (χ0v) is 9.14. The van der Waals surface area contributed by atoms with E-state index in [1.807, 2.05) is 0 Å². The topological polar surface area (TPSA) is 76.5 Å². The molecule has 1 atom stereocenters. The fourth-order valence-corrected chi connectivity index (χ4v) is 1.47. The molecule has 0 spiro atoms. The van der Waals surface area contributed by atoms with Crippen LogP contribution in [0.4, 0.5) is 0 Å². The van der Waals surface area contributed by atoms with Crippen LogP contribution >= 0.6 is 0 Å². The van der Waals surface area contributed by atoms with Crippen LogP contribution in [0.3, 0.4) is 0 Å². The van der Waals surface area contributed by atoms with Crippen molar-refractivity contribution in [1.29, 1.82) is 0 Å². The molecule has 1 aromatic rings. The Morgan fingerprint density at radius 2 is 2.27 bits per heavy atom. The predicted octanol–water partition coefficient (Wildman–Crippen LogP) is 0.134. The molecule has 0 saturated carbocycles. The average Bonchev–Trinajstić information content (AvgIpc) is 2.19. The molecule has 0 radical (unpaired) electrons. The highest BCUT2D eigenvalue weighted by Gasteiger charge is 2.14. The maximum absolute atomic E-state index is 10.8. The molecule has 0 aliphatic carbocycles. The molecular weight excluding hydrogens is 218 g/mol. The molecule has 5 nitrogen and oxygen atoms in total. The van der Waals surface area contributed by atoms with E-state index >= 15 is 0 Å². The first-order valence-electron chi connectivity index (χ1n) is 4.39. The number of aliphatic hydroxyl groups excluding tert-OH is 1. The summed E-state index contributed by atoms with van der Waals surface area (Å²) in [5.74, 6) is -0.416. The number of nitrogens with zero attached hydrogens (tertiary/aromatic N) is 1. The van der Waals surface area contributed by atoms with Gasteiger partial charge in [0.1, 0.15) is 0 Å². The molecule has 0 amide bonds. The SMILES string of the molecule is CS(=O)(=O)OCC(CO)c1ccccn1. The Labute approximate surface area is 88.9 Å². The third kappa shape index (κ3) is 4.37. The molecule has 1 rings (SSSR count). The summed E-state index contributed by atoms with van der Waals surface area (Å²) in [4.78, 5) is 4.02. The molecule has 0 bridgehead atoms. The van der Waals surface area contributed by atoms with Crippen molar-refractivity contribution in [3.63, 3.8) is 0 Å². The van der Waals surface area contributed by atoms with Crippen LogP contribution in [0.1, 0.15) is 11.6 Å². The van der Waals surface area contributed by atoms with Gasteiger partial charge in [0.15, 0.2) is 0 Å². The van der Waals surface area contributed by atoms with E-state index in [4.69, 9.17) is 5.11 Å². The van der Waals surface area contributed by atoms with Gasteiger partial charge in [0.25, 0.3) is 10.1 Å². The van der Waals surface area contributed by atoms with Crippen molar-refractivity contribution in [2.45, 2.75) is 5.92 Å². The van der Waals surface area contributed by atoms with E-state index in [1.165, 1.54) is 0 Å². The normalized spacial score (nSPS) is 13.7. The number of hydrogen-bond donors (Lipinski definition) is 1. The highest BCUT2D eigenvalue weighted by Crippen LogP contribution is 2.13. The van der Waals surface area contributed by atoms with Crippen LogP contribution in [0.5, 0.6) is 0 Å². The Morgan fingerprint density at radius 3 is 2.73 bits per heavy atom. The van der Waals surface area contributed by atoms with Gasteiger partial charge in [-0.3, -0.25) is 9.17 Å². The van der Waals surface area contributed by atoms with Crippen LogP contribution in [0, 0.1) is 0 Å². The Balaban J connectivity index is 2.66. The van der Waals surface area contributed by atoms with E-state index in [0.717, 1.165) is 6.26 Å². The van der Waals surface area contributed by atoms with Gasteiger partial charge in [-0.05, 0) is 12.1 Å². The number of pyridine rings is 1. The second kappa shape index (κ2) is 5.20. The van der Waals surface area contributed by atoms with Crippen molar-refractivity contribution in [2.75, 3.05) is 19.5 Å². The van der Waals surface area contributed by atoms with E-state index in [-0.39, 0.29) is 13.2 Å². The number of aromatic nitrogens is 1. The maximum Gasteiger partial charge on any atom is 0.264 e. The Morgan fingerprint density at radius 1 is 1.53 bits per heavy atom. The van der Waals surface area contributed by atoms with E-state index < -0.39 is 16.0 Å². The van der Waals surface area contributed by atoms with Gasteiger partial charge >= 0.3 is 0 Å². The zero-order valence-electron chi connectivity index (χ0n) is 8.33. The van der Waals surface area contributed by atoms with Crippen LogP contribution < -0.4 is 0 Å². The molecule has 1 heterocycles. The minimum atomic E-state index is -3.48. The highest BCUT2D eigenvalue weighted by atomic mass is 32.2. The lowest BCUT2D eigenvalue weighted by Gasteiger charge is -2.12. The molecule has 1 unspecified atom stereocenters. The van der Waals surface area contributed by atoms with Crippen molar-refractivity contribution < 1.29 is 17.7 Å². The van der Waals surface area contributed by atoms with Gasteiger partial charge < -0.3 is 5.11 Å². The van der Waals surface area contributed by atoms with Gasteiger partial charge in [0.05, 0.1) is 19.5 Å². The van der Waals surface area contributed by atoms with Gasteiger partial charge in [0.2, 0.25) is 0 Å². The first kappa shape index (κ1) is 12.1. The summed E-state index contributed by atoms with van der Waals surface area (Å²) in [7, 11) is -3.48. The first-order chi connectivity index (χ1) is 7.03. The molecule has 1 N–H and O–H groups in total. The Hall–Kier alpha value is -0.980. The summed E-state index contributed by atoms with van der Waals surface area (Å²) in [6, 6.07) is 5.23. The molecule has 0 aromatic carbocycles. The maximum atomic E-state index is 10.8. The van der Waals surface area contributed by atoms with Crippen LogP contribution in [0.2, 0.25) is 0 Å². The Kier molecular flexibility index (Phi) is 4.19. The monoisotopic (exact) mass is 231 g/mol. The molecule has 0 aliphatic rings. The van der Waals surface area contributed by atoms with Gasteiger partial charge in [0, 0.05) is 17.8 Å². The summed E-state index contributed by atoms with van der Waals surface area (Å²) < 4.78 is 26.1. The summed E-state index contributed by atoms with van der Waals surface area (Å²) in [6.07, 6.45) is 2.55. The van der Waals surface area contributed by atoms with Crippen molar-refractivity contribution in [3.8, 4) is 0 Å². The van der Waals surface area contributed by atoms with Crippen LogP contribution in [0.25, 0.3) is 0 Å². The van der Waals surface area contributed by atoms with Crippen molar-refractivity contribution in [3.05, 3.63) is 30.1 Å². The van der Waals surface area contributed by atoms with Gasteiger partial charge in [-0.1, -0.05) is 6.07 Å². The van der Waals surface area contributed by atoms with E-state index in [1.54, 1.807) is 24.4 Å². The summed E-state index contributed by atoms with van der Waals surface area (Å²) in [5, 5.41) is 9.06. The largest absolute Gasteiger partial charge is 0.396 e. The number of aliphatic hydroxyl groups is 1. The van der Waals surface area contributed by atoms with Crippen LogP contribution in [-0.4, -0.2) is 38.0 Å². The number of rotatable bonds is 5. The lowest BCUT2D eigenvalue weighted by Crippen LogP contribution is -2.16. The molecule has 0 aliphatic heterocycles. The van der Waals surface area contributed by atoms with Gasteiger partial charge in [-0.15, -0.1) is 0 Å². The number of hydrogen-bond acceptors (Lipinski definition) is 5. The second-order valence-electron chi connectivity index (χ2n) is 3.12. The minimum Gasteiger partial charge on any atom is -0.396 e. The van der Waals surface area contributed by atoms with E-state index in [2.05, 4.69) is 9.17 Å². The fraction of sp³-hybridized carbons (Fsp3) is 0.444. The summed E-state index contributed by atoms with van der Waals surface area (Å²) >= 11 is 0. The quantitative estimate of drug-likeness (QED) is 0.729. The van der Waals surface area contributed by atoms with E-state index in [9.17, 15) is 8.42 Å².